The summed E-state index contributed by atoms with van der Waals surface area (Å²) in [6, 6.07) is 2.68. The summed E-state index contributed by atoms with van der Waals surface area (Å²) in [5.41, 5.74) is 7.52. The number of halogens is 5. The van der Waals surface area contributed by atoms with Gasteiger partial charge in [-0.05, 0) is 12.1 Å². The molecule has 1 aromatic heterocycles. The van der Waals surface area contributed by atoms with Crippen LogP contribution in [-0.2, 0) is 0 Å². The fourth-order valence-corrected chi connectivity index (χ4v) is 2.53. The fourth-order valence-electron chi connectivity index (χ4n) is 2.22. The fraction of sp³-hybridized carbons (Fsp3) is 0.235. The molecule has 0 saturated carbocycles. The van der Waals surface area contributed by atoms with Gasteiger partial charge in [-0.1, -0.05) is 40.9 Å². The van der Waals surface area contributed by atoms with E-state index in [-0.39, 0.29) is 15.6 Å². The minimum Gasteiger partial charge on any atom is -0.671 e. The van der Waals surface area contributed by atoms with Crippen molar-refractivity contribution in [2.75, 3.05) is 6.54 Å². The SMILES string of the molecule is O=C(O)N1C=c2ncncc2=CC1.[NH-]C(CC(F)(F)F)c1ccc(Cl)c(Cl)c1. The Hall–Kier alpha value is -2.36. The summed E-state index contributed by atoms with van der Waals surface area (Å²) in [7, 11) is 0. The second-order valence-corrected chi connectivity index (χ2v) is 6.49. The van der Waals surface area contributed by atoms with Crippen molar-refractivity contribution >= 4 is 41.6 Å². The zero-order valence-electron chi connectivity index (χ0n) is 14.1. The number of hydrogen-bond donors (Lipinski definition) is 1. The van der Waals surface area contributed by atoms with E-state index in [0.29, 0.717) is 11.9 Å². The van der Waals surface area contributed by atoms with Gasteiger partial charge in [-0.3, -0.25) is 4.90 Å². The van der Waals surface area contributed by atoms with Gasteiger partial charge in [0.25, 0.3) is 0 Å². The van der Waals surface area contributed by atoms with Crippen LogP contribution in [0.25, 0.3) is 18.0 Å². The van der Waals surface area contributed by atoms with Crippen LogP contribution >= 0.6 is 23.2 Å². The number of benzene rings is 1. The lowest BCUT2D eigenvalue weighted by Crippen LogP contribution is -2.39. The van der Waals surface area contributed by atoms with Crippen LogP contribution in [0.1, 0.15) is 18.0 Å². The molecule has 1 aliphatic heterocycles. The lowest BCUT2D eigenvalue weighted by atomic mass is 10.0. The molecule has 2 aromatic rings. The Kier molecular flexibility index (Phi) is 7.22. The number of hydrogen-bond acceptors (Lipinski definition) is 3. The molecule has 1 atom stereocenters. The van der Waals surface area contributed by atoms with Gasteiger partial charge in [0.15, 0.2) is 0 Å². The van der Waals surface area contributed by atoms with Gasteiger partial charge in [-0.15, -0.1) is 6.04 Å². The quantitative estimate of drug-likeness (QED) is 0.773. The molecule has 1 unspecified atom stereocenters. The Balaban J connectivity index is 0.000000202. The highest BCUT2D eigenvalue weighted by Crippen LogP contribution is 2.33. The van der Waals surface area contributed by atoms with Crippen molar-refractivity contribution in [2.24, 2.45) is 0 Å². The summed E-state index contributed by atoms with van der Waals surface area (Å²) >= 11 is 11.2. The van der Waals surface area contributed by atoms with E-state index in [1.807, 2.05) is 0 Å². The normalized spacial score (nSPS) is 14.0. The molecule has 6 nitrogen and oxygen atoms in total. The van der Waals surface area contributed by atoms with E-state index in [1.165, 1.54) is 35.6 Å². The molecule has 1 amide bonds. The third-order valence-electron chi connectivity index (χ3n) is 3.59. The number of carboxylic acid groups (broad SMARTS) is 1. The Labute approximate surface area is 167 Å². The summed E-state index contributed by atoms with van der Waals surface area (Å²) in [6.07, 6.45) is -0.167. The van der Waals surface area contributed by atoms with E-state index in [2.05, 4.69) is 9.97 Å². The first-order chi connectivity index (χ1) is 13.1. The number of rotatable bonds is 2. The van der Waals surface area contributed by atoms with E-state index in [1.54, 1.807) is 12.3 Å². The van der Waals surface area contributed by atoms with Crippen LogP contribution in [0.3, 0.4) is 0 Å². The Bertz CT molecular complexity index is 970. The van der Waals surface area contributed by atoms with Crippen LogP contribution in [0.4, 0.5) is 18.0 Å². The second-order valence-electron chi connectivity index (χ2n) is 5.68. The maximum absolute atomic E-state index is 12.0. The van der Waals surface area contributed by atoms with Gasteiger partial charge in [0, 0.05) is 30.6 Å². The van der Waals surface area contributed by atoms with Crippen molar-refractivity contribution in [3.63, 3.8) is 0 Å². The molecule has 0 aliphatic carbocycles. The Morgan fingerprint density at radius 3 is 2.64 bits per heavy atom. The zero-order chi connectivity index (χ0) is 20.9. The maximum Gasteiger partial charge on any atom is 0.411 e. The third kappa shape index (κ3) is 6.36. The van der Waals surface area contributed by atoms with Gasteiger partial charge in [-0.2, -0.15) is 13.2 Å². The first kappa shape index (κ1) is 21.9. The molecule has 2 N–H and O–H groups in total. The number of amides is 1. The summed E-state index contributed by atoms with van der Waals surface area (Å²) in [6.45, 7) is 0.357. The largest absolute Gasteiger partial charge is 0.671 e. The second kappa shape index (κ2) is 9.22. The monoisotopic (exact) mass is 433 g/mol. The van der Waals surface area contributed by atoms with Gasteiger partial charge in [0.2, 0.25) is 0 Å². The van der Waals surface area contributed by atoms with Crippen molar-refractivity contribution in [1.82, 2.24) is 14.9 Å². The van der Waals surface area contributed by atoms with Crippen molar-refractivity contribution in [1.29, 1.82) is 0 Å². The first-order valence-electron chi connectivity index (χ1n) is 7.77. The molecule has 0 radical (unpaired) electrons. The van der Waals surface area contributed by atoms with E-state index >= 15 is 0 Å². The highest BCUT2D eigenvalue weighted by molar-refractivity contribution is 6.42. The maximum atomic E-state index is 12.0. The van der Waals surface area contributed by atoms with Gasteiger partial charge in [0.05, 0.1) is 15.4 Å². The standard InChI is InChI=1S/C9H7Cl2F3N.C8H7N3O2/c10-6-2-1-5(3-7(6)11)8(15)4-9(12,13)14;12-8(13)11-2-1-6-3-9-5-10-7(6)4-11/h1-3,8,15H,4H2;1,3-5H,2H2,(H,12,13)/q-1;. The number of carbonyl (C=O) groups is 1. The minimum absolute atomic E-state index is 0.161. The smallest absolute Gasteiger partial charge is 0.411 e. The summed E-state index contributed by atoms with van der Waals surface area (Å²) in [5.74, 6) is 0. The molecule has 3 rings (SSSR count). The first-order valence-corrected chi connectivity index (χ1v) is 8.53. The van der Waals surface area contributed by atoms with E-state index in [0.717, 1.165) is 5.22 Å². The molecule has 150 valence electrons. The predicted molar refractivity (Wildman–Crippen MR) is 99.1 cm³/mol. The van der Waals surface area contributed by atoms with Crippen molar-refractivity contribution in [2.45, 2.75) is 18.6 Å². The van der Waals surface area contributed by atoms with Crippen LogP contribution in [0, 0.1) is 0 Å². The van der Waals surface area contributed by atoms with Crippen LogP contribution in [-0.4, -0.2) is 38.8 Å². The minimum atomic E-state index is -4.35. The van der Waals surface area contributed by atoms with Gasteiger partial charge in [-0.25, -0.2) is 14.8 Å². The van der Waals surface area contributed by atoms with Crippen LogP contribution in [0.5, 0.6) is 0 Å². The Morgan fingerprint density at radius 1 is 1.32 bits per heavy atom. The molecule has 0 saturated heterocycles. The number of nitrogens with one attached hydrogen (secondary N) is 1. The summed E-state index contributed by atoms with van der Waals surface area (Å²) < 4.78 is 36.0. The molecule has 0 fully saturated rings. The molecule has 2 heterocycles. The topological polar surface area (TPSA) is 90.1 Å². The predicted octanol–water partition coefficient (Wildman–Crippen LogP) is 4.03. The van der Waals surface area contributed by atoms with Crippen LogP contribution in [0.15, 0.2) is 30.7 Å². The molecule has 0 bridgehead atoms. The van der Waals surface area contributed by atoms with Crippen LogP contribution < -0.4 is 10.6 Å². The molecule has 0 spiro atoms. The Morgan fingerprint density at radius 2 is 2.04 bits per heavy atom. The zero-order valence-corrected chi connectivity index (χ0v) is 15.6. The van der Waals surface area contributed by atoms with Crippen molar-refractivity contribution in [3.05, 3.63) is 62.6 Å². The highest BCUT2D eigenvalue weighted by atomic mass is 35.5. The molecular formula is C17H14Cl2F3N4O2-. The molecule has 1 aliphatic rings. The number of fused-ring (bicyclic) bond motifs is 1. The lowest BCUT2D eigenvalue weighted by molar-refractivity contribution is -0.136. The van der Waals surface area contributed by atoms with Gasteiger partial charge >= 0.3 is 12.3 Å². The summed E-state index contributed by atoms with van der Waals surface area (Å²) in [4.78, 5) is 19.6. The third-order valence-corrected chi connectivity index (χ3v) is 4.33. The molecule has 11 heteroatoms. The number of alkyl halides is 3. The van der Waals surface area contributed by atoms with Gasteiger partial charge < -0.3 is 10.8 Å². The van der Waals surface area contributed by atoms with Crippen molar-refractivity contribution < 1.29 is 23.1 Å². The number of aromatic nitrogens is 2. The number of nitrogens with zero attached hydrogens (tertiary/aromatic N) is 3. The van der Waals surface area contributed by atoms with E-state index in [9.17, 15) is 18.0 Å². The summed E-state index contributed by atoms with van der Waals surface area (Å²) in [5, 5.41) is 10.6. The average molecular weight is 434 g/mol. The molecule has 1 aromatic carbocycles. The molecule has 28 heavy (non-hydrogen) atoms. The van der Waals surface area contributed by atoms with E-state index in [4.69, 9.17) is 34.0 Å². The van der Waals surface area contributed by atoms with E-state index < -0.39 is 24.7 Å². The van der Waals surface area contributed by atoms with Gasteiger partial charge in [0.1, 0.15) is 6.33 Å². The van der Waals surface area contributed by atoms with Crippen LogP contribution in [0.2, 0.25) is 10.0 Å². The van der Waals surface area contributed by atoms with Crippen molar-refractivity contribution in [3.8, 4) is 0 Å². The molecular weight excluding hydrogens is 420 g/mol. The average Bonchev–Trinajstić information content (AvgIpc) is 2.62. The lowest BCUT2D eigenvalue weighted by Gasteiger charge is -2.22. The highest BCUT2D eigenvalue weighted by Gasteiger charge is 2.28.